The van der Waals surface area contributed by atoms with Crippen molar-refractivity contribution in [3.05, 3.63) is 126 Å². The molecule has 0 aliphatic carbocycles. The van der Waals surface area contributed by atoms with E-state index in [1.165, 1.54) is 28.0 Å². The van der Waals surface area contributed by atoms with E-state index >= 15 is 0 Å². The van der Waals surface area contributed by atoms with Crippen LogP contribution in [0.1, 0.15) is 29.7 Å². The van der Waals surface area contributed by atoms with E-state index in [2.05, 4.69) is 41.0 Å². The maximum absolute atomic E-state index is 13.7. The number of carbonyl (C=O) groups excluding carboxylic acids is 2. The van der Waals surface area contributed by atoms with Gasteiger partial charge in [-0.1, -0.05) is 90.4 Å². The van der Waals surface area contributed by atoms with Gasteiger partial charge in [0.05, 0.1) is 18.2 Å². The first-order valence-electron chi connectivity index (χ1n) is 14.3. The fourth-order valence-electron chi connectivity index (χ4n) is 5.22. The molecule has 6 rings (SSSR count). The van der Waals surface area contributed by atoms with Crippen molar-refractivity contribution < 1.29 is 24.2 Å². The third-order valence-electron chi connectivity index (χ3n) is 7.26. The van der Waals surface area contributed by atoms with Crippen molar-refractivity contribution in [3.63, 3.8) is 0 Å². The summed E-state index contributed by atoms with van der Waals surface area (Å²) in [7, 11) is 0. The van der Waals surface area contributed by atoms with Crippen LogP contribution in [0.5, 0.6) is 11.5 Å². The van der Waals surface area contributed by atoms with Crippen molar-refractivity contribution >= 4 is 56.5 Å². The zero-order valence-corrected chi connectivity index (χ0v) is 26.0. The number of aromatic nitrogens is 2. The Kier molecular flexibility index (Phi) is 8.95. The number of hydrogen-bond donors (Lipinski definition) is 1. The van der Waals surface area contributed by atoms with Crippen molar-refractivity contribution in [3.8, 4) is 11.5 Å². The minimum atomic E-state index is -0.965. The van der Waals surface area contributed by atoms with Gasteiger partial charge in [0, 0.05) is 11.3 Å². The van der Waals surface area contributed by atoms with Crippen molar-refractivity contribution in [2.24, 2.45) is 0 Å². The Balaban J connectivity index is 1.37. The number of nitrogens with zero attached hydrogens (tertiary/aromatic N) is 3. The van der Waals surface area contributed by atoms with Gasteiger partial charge in [-0.05, 0) is 65.2 Å². The van der Waals surface area contributed by atoms with Crippen molar-refractivity contribution in [1.82, 2.24) is 10.2 Å². The third-order valence-corrected chi connectivity index (χ3v) is 9.36. The summed E-state index contributed by atoms with van der Waals surface area (Å²) in [6.45, 7) is 6.35. The van der Waals surface area contributed by atoms with Crippen LogP contribution in [-0.2, 0) is 15.3 Å². The molecule has 1 aliphatic heterocycles. The monoisotopic (exact) mass is 635 g/mol. The van der Waals surface area contributed by atoms with Gasteiger partial charge in [0.15, 0.2) is 4.34 Å². The summed E-state index contributed by atoms with van der Waals surface area (Å²) < 4.78 is 11.9. The number of fused-ring (bicyclic) bond motifs is 1. The highest BCUT2D eigenvalue weighted by Gasteiger charge is 2.48. The summed E-state index contributed by atoms with van der Waals surface area (Å²) in [5.41, 5.74) is 2.06. The molecule has 0 bridgehead atoms. The van der Waals surface area contributed by atoms with Crippen LogP contribution in [0, 0.1) is 0 Å². The molecule has 1 unspecified atom stereocenters. The van der Waals surface area contributed by atoms with Crippen molar-refractivity contribution in [2.75, 3.05) is 18.1 Å². The van der Waals surface area contributed by atoms with Crippen LogP contribution in [0.2, 0.25) is 0 Å². The van der Waals surface area contributed by atoms with E-state index in [0.29, 0.717) is 39.3 Å². The quantitative estimate of drug-likeness (QED) is 0.0396. The van der Waals surface area contributed by atoms with Crippen LogP contribution >= 0.6 is 23.1 Å². The Morgan fingerprint density at radius 2 is 1.76 bits per heavy atom. The molecule has 4 aromatic carbocycles. The summed E-state index contributed by atoms with van der Waals surface area (Å²) in [5, 5.41) is 22.8. The molecule has 0 spiro atoms. The van der Waals surface area contributed by atoms with Gasteiger partial charge in [0.25, 0.3) is 5.78 Å². The number of benzene rings is 4. The van der Waals surface area contributed by atoms with Crippen LogP contribution in [0.15, 0.2) is 114 Å². The van der Waals surface area contributed by atoms with E-state index < -0.39 is 17.7 Å². The molecule has 1 saturated heterocycles. The zero-order valence-electron chi connectivity index (χ0n) is 24.4. The summed E-state index contributed by atoms with van der Waals surface area (Å²) in [5.74, 6) is -0.103. The van der Waals surface area contributed by atoms with Gasteiger partial charge in [-0.25, -0.2) is 0 Å². The average molecular weight is 636 g/mol. The van der Waals surface area contributed by atoms with E-state index in [1.807, 2.05) is 25.1 Å². The number of thioether (sulfide) groups is 1. The molecule has 1 aromatic heterocycles. The zero-order chi connectivity index (χ0) is 31.3. The standard InChI is InChI=1S/C35H29N3O5S2/c1-3-19-43-27-13-8-11-24(20-27)30-29(31(39)23-15-17-26(18-16-23)42-4-2)32(40)33(41)38(30)34-36-37-35(45-34)44-21-25-12-7-10-22-9-5-6-14-28(22)25/h3,5-18,20,30,39H,1,4,19,21H2,2H3. The number of carbonyl (C=O) groups is 2. The molecule has 1 aliphatic rings. The molecule has 8 nitrogen and oxygen atoms in total. The van der Waals surface area contributed by atoms with Gasteiger partial charge in [0.1, 0.15) is 23.9 Å². The van der Waals surface area contributed by atoms with Crippen LogP contribution in [0.4, 0.5) is 5.13 Å². The number of ketones is 1. The molecule has 1 fully saturated rings. The fraction of sp³-hybridized carbons (Fsp3) is 0.143. The van der Waals surface area contributed by atoms with Crippen LogP contribution in [0.25, 0.3) is 16.5 Å². The van der Waals surface area contributed by atoms with Gasteiger partial charge in [-0.15, -0.1) is 10.2 Å². The van der Waals surface area contributed by atoms with Crippen LogP contribution in [0.3, 0.4) is 0 Å². The van der Waals surface area contributed by atoms with Gasteiger partial charge in [-0.2, -0.15) is 0 Å². The molecule has 45 heavy (non-hydrogen) atoms. The lowest BCUT2D eigenvalue weighted by Gasteiger charge is -2.23. The Hall–Kier alpha value is -4.93. The number of aliphatic hydroxyl groups is 1. The van der Waals surface area contributed by atoms with E-state index in [4.69, 9.17) is 9.47 Å². The van der Waals surface area contributed by atoms with Crippen molar-refractivity contribution in [1.29, 1.82) is 0 Å². The molecule has 2 heterocycles. The molecular formula is C35H29N3O5S2. The van der Waals surface area contributed by atoms with Crippen LogP contribution < -0.4 is 14.4 Å². The first kappa shape index (κ1) is 30.1. The normalized spacial score (nSPS) is 15.8. The highest BCUT2D eigenvalue weighted by molar-refractivity contribution is 8.00. The largest absolute Gasteiger partial charge is 0.507 e. The summed E-state index contributed by atoms with van der Waals surface area (Å²) in [4.78, 5) is 28.6. The predicted molar refractivity (Wildman–Crippen MR) is 178 cm³/mol. The molecule has 0 saturated carbocycles. The average Bonchev–Trinajstić information content (AvgIpc) is 3.64. The summed E-state index contributed by atoms with van der Waals surface area (Å²) in [6, 6.07) is 27.2. The topological polar surface area (TPSA) is 102 Å². The van der Waals surface area contributed by atoms with Crippen molar-refractivity contribution in [2.45, 2.75) is 23.1 Å². The maximum atomic E-state index is 13.7. The SMILES string of the molecule is C=CCOc1cccc(C2C(=C(O)c3ccc(OCC)cc3)C(=O)C(=O)N2c2nnc(SCc3cccc4ccccc34)s2)c1. The number of aliphatic hydroxyl groups excluding tert-OH is 1. The number of anilines is 1. The van der Waals surface area contributed by atoms with Gasteiger partial charge >= 0.3 is 5.91 Å². The number of rotatable bonds is 11. The first-order chi connectivity index (χ1) is 22.0. The summed E-state index contributed by atoms with van der Waals surface area (Å²) >= 11 is 2.73. The summed E-state index contributed by atoms with van der Waals surface area (Å²) in [6.07, 6.45) is 1.63. The highest BCUT2D eigenvalue weighted by atomic mass is 32.2. The Morgan fingerprint density at radius 3 is 2.56 bits per heavy atom. The van der Waals surface area contributed by atoms with Crippen LogP contribution in [-0.4, -0.2) is 40.2 Å². The molecular weight excluding hydrogens is 607 g/mol. The molecule has 10 heteroatoms. The number of Topliss-reactive ketones (excluding diaryl/α,β-unsaturated/α-hetero) is 1. The van der Waals surface area contributed by atoms with Gasteiger partial charge in [0.2, 0.25) is 5.13 Å². The minimum absolute atomic E-state index is 0.0508. The molecule has 1 N–H and O–H groups in total. The molecule has 5 aromatic rings. The highest BCUT2D eigenvalue weighted by Crippen LogP contribution is 2.45. The van der Waals surface area contributed by atoms with Gasteiger partial charge < -0.3 is 14.6 Å². The maximum Gasteiger partial charge on any atom is 0.301 e. The van der Waals surface area contributed by atoms with E-state index in [9.17, 15) is 14.7 Å². The Morgan fingerprint density at radius 1 is 0.978 bits per heavy atom. The Bertz CT molecular complexity index is 1910. The van der Waals surface area contributed by atoms with E-state index in [-0.39, 0.29) is 23.1 Å². The second-order valence-electron chi connectivity index (χ2n) is 10.1. The number of ether oxygens (including phenoxy) is 2. The molecule has 0 radical (unpaired) electrons. The third kappa shape index (κ3) is 6.20. The number of hydrogen-bond acceptors (Lipinski definition) is 9. The van der Waals surface area contributed by atoms with Gasteiger partial charge in [-0.3, -0.25) is 14.5 Å². The van der Waals surface area contributed by atoms with E-state index in [1.54, 1.807) is 54.6 Å². The fourth-order valence-corrected chi connectivity index (χ4v) is 7.09. The second kappa shape index (κ2) is 13.4. The lowest BCUT2D eigenvalue weighted by atomic mass is 9.95. The predicted octanol–water partition coefficient (Wildman–Crippen LogP) is 7.57. The lowest BCUT2D eigenvalue weighted by Crippen LogP contribution is -2.29. The number of amides is 1. The molecule has 1 atom stereocenters. The molecule has 1 amide bonds. The first-order valence-corrected chi connectivity index (χ1v) is 16.1. The molecule has 226 valence electrons. The second-order valence-corrected chi connectivity index (χ2v) is 12.3. The minimum Gasteiger partial charge on any atom is -0.507 e. The lowest BCUT2D eigenvalue weighted by molar-refractivity contribution is -0.132. The smallest absolute Gasteiger partial charge is 0.301 e. The van der Waals surface area contributed by atoms with E-state index in [0.717, 1.165) is 16.3 Å². The Labute approximate surface area is 268 Å².